The standard InChI is InChI=1S/C13H27NO4/c1-16-9-2-10-17-11-7-14-5-3-13(4-6-14)18-12-8-15/h13,15H,2-12H2,1H3. The molecule has 0 radical (unpaired) electrons. The summed E-state index contributed by atoms with van der Waals surface area (Å²) < 4.78 is 16.0. The van der Waals surface area contributed by atoms with Crippen LogP contribution in [0.4, 0.5) is 0 Å². The van der Waals surface area contributed by atoms with Crippen LogP contribution in [0.15, 0.2) is 0 Å². The topological polar surface area (TPSA) is 51.2 Å². The lowest BCUT2D eigenvalue weighted by molar-refractivity contribution is -0.0127. The summed E-state index contributed by atoms with van der Waals surface area (Å²) in [4.78, 5) is 2.41. The van der Waals surface area contributed by atoms with Crippen LogP contribution in [0.3, 0.4) is 0 Å². The molecule has 0 unspecified atom stereocenters. The van der Waals surface area contributed by atoms with E-state index in [1.54, 1.807) is 7.11 Å². The van der Waals surface area contributed by atoms with E-state index >= 15 is 0 Å². The van der Waals surface area contributed by atoms with Gasteiger partial charge in [0.15, 0.2) is 0 Å². The van der Waals surface area contributed by atoms with Gasteiger partial charge in [-0.05, 0) is 19.3 Å². The first kappa shape index (κ1) is 15.9. The minimum absolute atomic E-state index is 0.121. The summed E-state index contributed by atoms with van der Waals surface area (Å²) in [5.41, 5.74) is 0. The van der Waals surface area contributed by atoms with Gasteiger partial charge >= 0.3 is 0 Å². The lowest BCUT2D eigenvalue weighted by atomic mass is 10.1. The van der Waals surface area contributed by atoms with E-state index in [1.807, 2.05) is 0 Å². The van der Waals surface area contributed by atoms with Gasteiger partial charge in [-0.3, -0.25) is 0 Å². The van der Waals surface area contributed by atoms with Gasteiger partial charge in [-0.2, -0.15) is 0 Å². The van der Waals surface area contributed by atoms with E-state index in [4.69, 9.17) is 19.3 Å². The molecule has 0 aromatic rings. The molecular weight excluding hydrogens is 234 g/mol. The second-order valence-electron chi connectivity index (χ2n) is 4.59. The van der Waals surface area contributed by atoms with Gasteiger partial charge in [0.1, 0.15) is 0 Å². The highest BCUT2D eigenvalue weighted by Crippen LogP contribution is 2.13. The lowest BCUT2D eigenvalue weighted by Crippen LogP contribution is -2.39. The highest BCUT2D eigenvalue weighted by molar-refractivity contribution is 4.72. The molecule has 5 nitrogen and oxygen atoms in total. The second-order valence-corrected chi connectivity index (χ2v) is 4.59. The van der Waals surface area contributed by atoms with Gasteiger partial charge < -0.3 is 24.2 Å². The molecule has 0 amide bonds. The molecule has 5 heteroatoms. The molecule has 0 aromatic carbocycles. The van der Waals surface area contributed by atoms with Crippen LogP contribution in [-0.4, -0.2) is 75.9 Å². The van der Waals surface area contributed by atoms with Crippen molar-refractivity contribution in [1.29, 1.82) is 0 Å². The van der Waals surface area contributed by atoms with E-state index < -0.39 is 0 Å². The first-order valence-electron chi connectivity index (χ1n) is 6.88. The minimum Gasteiger partial charge on any atom is -0.394 e. The SMILES string of the molecule is COCCCOCCN1CCC(OCCO)CC1. The Labute approximate surface area is 110 Å². The average molecular weight is 261 g/mol. The molecule has 1 aliphatic rings. The molecule has 0 aromatic heterocycles. The summed E-state index contributed by atoms with van der Waals surface area (Å²) >= 11 is 0. The minimum atomic E-state index is 0.121. The molecule has 18 heavy (non-hydrogen) atoms. The molecule has 0 saturated carbocycles. The van der Waals surface area contributed by atoms with Crippen molar-refractivity contribution in [2.75, 3.05) is 59.8 Å². The van der Waals surface area contributed by atoms with Crippen LogP contribution in [0.5, 0.6) is 0 Å². The molecule has 0 spiro atoms. The van der Waals surface area contributed by atoms with Crippen molar-refractivity contribution in [3.8, 4) is 0 Å². The van der Waals surface area contributed by atoms with E-state index in [1.165, 1.54) is 0 Å². The van der Waals surface area contributed by atoms with Gasteiger partial charge in [0, 0.05) is 40.0 Å². The Morgan fingerprint density at radius 2 is 1.89 bits per heavy atom. The Kier molecular flexibility index (Phi) is 9.42. The van der Waals surface area contributed by atoms with Crippen molar-refractivity contribution in [2.24, 2.45) is 0 Å². The van der Waals surface area contributed by atoms with Crippen LogP contribution < -0.4 is 0 Å². The average Bonchev–Trinajstić information content (AvgIpc) is 2.42. The monoisotopic (exact) mass is 261 g/mol. The van der Waals surface area contributed by atoms with Crippen LogP contribution in [0.1, 0.15) is 19.3 Å². The summed E-state index contributed by atoms with van der Waals surface area (Å²) in [5.74, 6) is 0. The number of nitrogens with zero attached hydrogens (tertiary/aromatic N) is 1. The zero-order valence-electron chi connectivity index (χ0n) is 11.5. The summed E-state index contributed by atoms with van der Waals surface area (Å²) in [6.45, 7) is 6.07. The van der Waals surface area contributed by atoms with Crippen molar-refractivity contribution in [1.82, 2.24) is 4.90 Å². The van der Waals surface area contributed by atoms with Crippen molar-refractivity contribution >= 4 is 0 Å². The lowest BCUT2D eigenvalue weighted by Gasteiger charge is -2.31. The Morgan fingerprint density at radius 1 is 1.11 bits per heavy atom. The van der Waals surface area contributed by atoms with Crippen LogP contribution >= 0.6 is 0 Å². The number of piperidine rings is 1. The van der Waals surface area contributed by atoms with Crippen molar-refractivity contribution in [3.05, 3.63) is 0 Å². The first-order chi connectivity index (χ1) is 8.86. The predicted octanol–water partition coefficient (Wildman–Crippen LogP) is 0.513. The number of hydrogen-bond acceptors (Lipinski definition) is 5. The fourth-order valence-corrected chi connectivity index (χ4v) is 2.12. The highest BCUT2D eigenvalue weighted by Gasteiger charge is 2.18. The molecule has 0 bridgehead atoms. The fraction of sp³-hybridized carbons (Fsp3) is 1.00. The zero-order chi connectivity index (χ0) is 13.1. The smallest absolute Gasteiger partial charge is 0.0701 e. The number of rotatable bonds is 10. The molecule has 1 aliphatic heterocycles. The number of ether oxygens (including phenoxy) is 3. The van der Waals surface area contributed by atoms with Crippen LogP contribution in [0.25, 0.3) is 0 Å². The van der Waals surface area contributed by atoms with Crippen LogP contribution in [0.2, 0.25) is 0 Å². The van der Waals surface area contributed by atoms with Crippen molar-refractivity contribution in [2.45, 2.75) is 25.4 Å². The van der Waals surface area contributed by atoms with Gasteiger partial charge in [0.25, 0.3) is 0 Å². The number of likely N-dealkylation sites (tertiary alicyclic amines) is 1. The second kappa shape index (κ2) is 10.7. The zero-order valence-corrected chi connectivity index (χ0v) is 11.5. The number of hydrogen-bond donors (Lipinski definition) is 1. The van der Waals surface area contributed by atoms with Gasteiger partial charge in [-0.1, -0.05) is 0 Å². The summed E-state index contributed by atoms with van der Waals surface area (Å²) in [7, 11) is 1.71. The van der Waals surface area contributed by atoms with Crippen LogP contribution in [0, 0.1) is 0 Å². The molecule has 0 aliphatic carbocycles. The van der Waals surface area contributed by atoms with Crippen LogP contribution in [-0.2, 0) is 14.2 Å². The number of aliphatic hydroxyl groups excluding tert-OH is 1. The third kappa shape index (κ3) is 7.28. The van der Waals surface area contributed by atoms with E-state index in [0.717, 1.165) is 58.7 Å². The number of aliphatic hydroxyl groups is 1. The maximum Gasteiger partial charge on any atom is 0.0701 e. The summed E-state index contributed by atoms with van der Waals surface area (Å²) in [6, 6.07) is 0. The molecule has 1 fully saturated rings. The normalized spacial score (nSPS) is 18.3. The summed E-state index contributed by atoms with van der Waals surface area (Å²) in [5, 5.41) is 8.69. The largest absolute Gasteiger partial charge is 0.394 e. The Morgan fingerprint density at radius 3 is 2.56 bits per heavy atom. The molecule has 1 saturated heterocycles. The van der Waals surface area contributed by atoms with E-state index in [9.17, 15) is 0 Å². The molecular formula is C13H27NO4. The van der Waals surface area contributed by atoms with Gasteiger partial charge in [-0.15, -0.1) is 0 Å². The van der Waals surface area contributed by atoms with Gasteiger partial charge in [0.05, 0.1) is 25.9 Å². The maximum atomic E-state index is 8.69. The molecule has 108 valence electrons. The van der Waals surface area contributed by atoms with Crippen molar-refractivity contribution < 1.29 is 19.3 Å². The molecule has 1 N–H and O–H groups in total. The fourth-order valence-electron chi connectivity index (χ4n) is 2.12. The van der Waals surface area contributed by atoms with E-state index in [-0.39, 0.29) is 6.61 Å². The Balaban J connectivity index is 1.92. The van der Waals surface area contributed by atoms with E-state index in [0.29, 0.717) is 12.7 Å². The first-order valence-corrected chi connectivity index (χ1v) is 6.88. The highest BCUT2D eigenvalue weighted by atomic mass is 16.5. The third-order valence-corrected chi connectivity index (χ3v) is 3.17. The Bertz CT molecular complexity index is 184. The van der Waals surface area contributed by atoms with Gasteiger partial charge in [0.2, 0.25) is 0 Å². The van der Waals surface area contributed by atoms with Crippen molar-refractivity contribution in [3.63, 3.8) is 0 Å². The molecule has 0 atom stereocenters. The van der Waals surface area contributed by atoms with E-state index in [2.05, 4.69) is 4.90 Å². The summed E-state index contributed by atoms with van der Waals surface area (Å²) in [6.07, 6.45) is 3.41. The maximum absolute atomic E-state index is 8.69. The number of methoxy groups -OCH3 is 1. The molecule has 1 rings (SSSR count). The van der Waals surface area contributed by atoms with Gasteiger partial charge in [-0.25, -0.2) is 0 Å². The predicted molar refractivity (Wildman–Crippen MR) is 69.8 cm³/mol. The third-order valence-electron chi connectivity index (χ3n) is 3.17. The quantitative estimate of drug-likeness (QED) is 0.581. The Hall–Kier alpha value is -0.200. The molecule has 1 heterocycles.